The predicted molar refractivity (Wildman–Crippen MR) is 129 cm³/mol. The van der Waals surface area contributed by atoms with Gasteiger partial charge in [-0.1, -0.05) is 31.5 Å². The van der Waals surface area contributed by atoms with E-state index in [1.807, 2.05) is 56.9 Å². The van der Waals surface area contributed by atoms with E-state index in [-0.39, 0.29) is 30.6 Å². The first-order valence-electron chi connectivity index (χ1n) is 11.5. The lowest BCUT2D eigenvalue weighted by Gasteiger charge is -2.38. The quantitative estimate of drug-likeness (QED) is 0.589. The van der Waals surface area contributed by atoms with Gasteiger partial charge in [0.05, 0.1) is 6.04 Å². The molecule has 0 aliphatic carbocycles. The number of hydrogen-bond donors (Lipinski definition) is 1. The number of ether oxygens (including phenoxy) is 1. The number of hydrogen-bond acceptors (Lipinski definition) is 4. The Morgan fingerprint density at radius 1 is 1.25 bits per heavy atom. The van der Waals surface area contributed by atoms with Gasteiger partial charge in [0.15, 0.2) is 0 Å². The standard InChI is InChI=1S/C25H35N3O3S/c1-5-13-26-25(30)28(19(4)6-2)16-24(29)27-14-11-23-21(12-15-32-23)22(27)17-31-20-9-7-18(3)8-10-20/h7-10,12,15,19,22H,5-6,11,13-14,16-17H2,1-4H3,(H,26,30). The summed E-state index contributed by atoms with van der Waals surface area (Å²) in [6.07, 6.45) is 2.49. The molecule has 2 unspecified atom stereocenters. The monoisotopic (exact) mass is 457 g/mol. The van der Waals surface area contributed by atoms with E-state index in [4.69, 9.17) is 4.74 Å². The summed E-state index contributed by atoms with van der Waals surface area (Å²) in [5.41, 5.74) is 2.34. The van der Waals surface area contributed by atoms with Crippen LogP contribution in [0.25, 0.3) is 0 Å². The van der Waals surface area contributed by atoms with Gasteiger partial charge in [-0.25, -0.2) is 4.79 Å². The smallest absolute Gasteiger partial charge is 0.318 e. The van der Waals surface area contributed by atoms with Crippen LogP contribution in [-0.2, 0) is 11.2 Å². The summed E-state index contributed by atoms with van der Waals surface area (Å²) in [5.74, 6) is 0.761. The summed E-state index contributed by atoms with van der Waals surface area (Å²) in [6, 6.07) is 9.72. The first-order chi connectivity index (χ1) is 15.4. The van der Waals surface area contributed by atoms with Crippen LogP contribution in [0.2, 0.25) is 0 Å². The van der Waals surface area contributed by atoms with E-state index in [0.29, 0.717) is 19.7 Å². The SMILES string of the molecule is CCCNC(=O)N(CC(=O)N1CCc2sccc2C1COc1ccc(C)cc1)C(C)CC. The number of benzene rings is 1. The summed E-state index contributed by atoms with van der Waals surface area (Å²) in [7, 11) is 0. The van der Waals surface area contributed by atoms with Crippen LogP contribution in [0.5, 0.6) is 5.75 Å². The molecule has 2 atom stereocenters. The molecule has 3 amide bonds. The Kier molecular flexibility index (Phi) is 8.56. The highest BCUT2D eigenvalue weighted by Gasteiger charge is 2.34. The molecule has 0 saturated heterocycles. The summed E-state index contributed by atoms with van der Waals surface area (Å²) in [4.78, 5) is 31.0. The highest BCUT2D eigenvalue weighted by atomic mass is 32.1. The van der Waals surface area contributed by atoms with Crippen molar-refractivity contribution >= 4 is 23.3 Å². The molecule has 1 aromatic heterocycles. The summed E-state index contributed by atoms with van der Waals surface area (Å²) >= 11 is 1.73. The molecule has 0 fully saturated rings. The maximum Gasteiger partial charge on any atom is 0.318 e. The van der Waals surface area contributed by atoms with Crippen LogP contribution >= 0.6 is 11.3 Å². The van der Waals surface area contributed by atoms with E-state index in [1.165, 1.54) is 10.4 Å². The highest BCUT2D eigenvalue weighted by molar-refractivity contribution is 7.10. The van der Waals surface area contributed by atoms with Gasteiger partial charge in [0.25, 0.3) is 0 Å². The van der Waals surface area contributed by atoms with Crippen molar-refractivity contribution in [2.45, 2.75) is 59.0 Å². The molecule has 2 heterocycles. The Bertz CT molecular complexity index is 896. The number of nitrogens with one attached hydrogen (secondary N) is 1. The van der Waals surface area contributed by atoms with Crippen LogP contribution < -0.4 is 10.1 Å². The zero-order chi connectivity index (χ0) is 23.1. The van der Waals surface area contributed by atoms with E-state index in [1.54, 1.807) is 16.2 Å². The van der Waals surface area contributed by atoms with Gasteiger partial charge in [-0.3, -0.25) is 4.79 Å². The second-order valence-electron chi connectivity index (χ2n) is 8.39. The fourth-order valence-electron chi connectivity index (χ4n) is 3.90. The van der Waals surface area contributed by atoms with Gasteiger partial charge in [0.2, 0.25) is 5.91 Å². The van der Waals surface area contributed by atoms with E-state index < -0.39 is 0 Å². The van der Waals surface area contributed by atoms with Gasteiger partial charge >= 0.3 is 6.03 Å². The third-order valence-electron chi connectivity index (χ3n) is 6.06. The lowest BCUT2D eigenvalue weighted by Crippen LogP contribution is -2.52. The molecular weight excluding hydrogens is 422 g/mol. The van der Waals surface area contributed by atoms with E-state index in [9.17, 15) is 9.59 Å². The zero-order valence-electron chi connectivity index (χ0n) is 19.6. The first-order valence-corrected chi connectivity index (χ1v) is 12.4. The Labute approximate surface area is 195 Å². The van der Waals surface area contributed by atoms with Gasteiger partial charge in [0.1, 0.15) is 18.9 Å². The van der Waals surface area contributed by atoms with Crippen molar-refractivity contribution in [3.05, 3.63) is 51.7 Å². The predicted octanol–water partition coefficient (Wildman–Crippen LogP) is 4.78. The minimum absolute atomic E-state index is 0.0143. The number of thiophene rings is 1. The number of nitrogens with zero attached hydrogens (tertiary/aromatic N) is 2. The molecule has 1 aliphatic heterocycles. The maximum absolute atomic E-state index is 13.5. The molecule has 0 bridgehead atoms. The van der Waals surface area contributed by atoms with Crippen LogP contribution in [0.4, 0.5) is 4.79 Å². The van der Waals surface area contributed by atoms with Crippen LogP contribution in [-0.4, -0.2) is 54.0 Å². The lowest BCUT2D eigenvalue weighted by molar-refractivity contribution is -0.135. The summed E-state index contributed by atoms with van der Waals surface area (Å²) in [6.45, 7) is 9.80. The maximum atomic E-state index is 13.5. The molecule has 32 heavy (non-hydrogen) atoms. The number of amides is 3. The average molecular weight is 458 g/mol. The number of fused-ring (bicyclic) bond motifs is 1. The van der Waals surface area contributed by atoms with Gasteiger partial charge in [0, 0.05) is 24.0 Å². The molecular formula is C25H35N3O3S. The van der Waals surface area contributed by atoms with Crippen molar-refractivity contribution in [1.82, 2.24) is 15.1 Å². The third-order valence-corrected chi connectivity index (χ3v) is 7.06. The van der Waals surface area contributed by atoms with Crippen molar-refractivity contribution in [3.63, 3.8) is 0 Å². The van der Waals surface area contributed by atoms with Gasteiger partial charge < -0.3 is 19.9 Å². The second-order valence-corrected chi connectivity index (χ2v) is 9.39. The Balaban J connectivity index is 1.75. The molecule has 2 aromatic rings. The molecule has 0 spiro atoms. The number of rotatable bonds is 9. The molecule has 174 valence electrons. The number of aryl methyl sites for hydroxylation is 1. The van der Waals surface area contributed by atoms with E-state index >= 15 is 0 Å². The number of urea groups is 1. The molecule has 3 rings (SSSR count). The second kappa shape index (κ2) is 11.4. The molecule has 1 aromatic carbocycles. The fraction of sp³-hybridized carbons (Fsp3) is 0.520. The van der Waals surface area contributed by atoms with Crippen LogP contribution in [0.3, 0.4) is 0 Å². The van der Waals surface area contributed by atoms with Crippen LogP contribution in [0.1, 0.15) is 55.7 Å². The lowest BCUT2D eigenvalue weighted by atomic mass is 10.00. The minimum atomic E-state index is -0.171. The summed E-state index contributed by atoms with van der Waals surface area (Å²) in [5, 5.41) is 5.01. The normalized spacial score (nSPS) is 16.2. The minimum Gasteiger partial charge on any atom is -0.491 e. The van der Waals surface area contributed by atoms with Gasteiger partial charge in [-0.05, 0) is 62.3 Å². The van der Waals surface area contributed by atoms with Crippen molar-refractivity contribution in [3.8, 4) is 5.75 Å². The molecule has 1 N–H and O–H groups in total. The largest absolute Gasteiger partial charge is 0.491 e. The highest BCUT2D eigenvalue weighted by Crippen LogP contribution is 2.34. The van der Waals surface area contributed by atoms with Crippen molar-refractivity contribution in [1.29, 1.82) is 0 Å². The Hall–Kier alpha value is -2.54. The fourth-order valence-corrected chi connectivity index (χ4v) is 4.83. The van der Waals surface area contributed by atoms with Crippen molar-refractivity contribution in [2.75, 3.05) is 26.2 Å². The van der Waals surface area contributed by atoms with Crippen molar-refractivity contribution < 1.29 is 14.3 Å². The van der Waals surface area contributed by atoms with Crippen LogP contribution in [0, 0.1) is 6.92 Å². The average Bonchev–Trinajstić information content (AvgIpc) is 3.29. The third kappa shape index (κ3) is 5.82. The number of carbonyl (C=O) groups excluding carboxylic acids is 2. The Morgan fingerprint density at radius 3 is 2.69 bits per heavy atom. The van der Waals surface area contributed by atoms with E-state index in [2.05, 4.69) is 16.8 Å². The van der Waals surface area contributed by atoms with E-state index in [0.717, 1.165) is 30.6 Å². The van der Waals surface area contributed by atoms with Crippen molar-refractivity contribution in [2.24, 2.45) is 0 Å². The number of carbonyl (C=O) groups is 2. The molecule has 0 radical (unpaired) electrons. The molecule has 6 nitrogen and oxygen atoms in total. The van der Waals surface area contributed by atoms with Crippen LogP contribution in [0.15, 0.2) is 35.7 Å². The Morgan fingerprint density at radius 2 is 2.00 bits per heavy atom. The van der Waals surface area contributed by atoms with Gasteiger partial charge in [-0.15, -0.1) is 11.3 Å². The topological polar surface area (TPSA) is 61.9 Å². The zero-order valence-corrected chi connectivity index (χ0v) is 20.4. The molecule has 1 aliphatic rings. The molecule has 7 heteroatoms. The molecule has 0 saturated carbocycles. The summed E-state index contributed by atoms with van der Waals surface area (Å²) < 4.78 is 6.10. The first kappa shape index (κ1) is 24.1. The van der Waals surface area contributed by atoms with Gasteiger partial charge in [-0.2, -0.15) is 0 Å².